The van der Waals surface area contributed by atoms with Crippen molar-refractivity contribution in [3.05, 3.63) is 11.3 Å². The average Bonchev–Trinajstić information content (AvgIpc) is 2.50. The summed E-state index contributed by atoms with van der Waals surface area (Å²) in [5, 5.41) is 8.15. The standard InChI is InChI=1S/C15H28N4/c1-11(2)9-16-10-14-12(3)17-19(5)15(14)18(4)13-7-6-8-13/h11,13,16H,6-10H2,1-5H3. The molecule has 4 nitrogen and oxygen atoms in total. The van der Waals surface area contributed by atoms with E-state index in [1.54, 1.807) is 0 Å². The lowest BCUT2D eigenvalue weighted by molar-refractivity contribution is 0.395. The third kappa shape index (κ3) is 3.11. The topological polar surface area (TPSA) is 33.1 Å². The van der Waals surface area contributed by atoms with Crippen LogP contribution in [0.4, 0.5) is 5.82 Å². The third-order valence-corrected chi connectivity index (χ3v) is 4.12. The van der Waals surface area contributed by atoms with Crippen LogP contribution in [0.1, 0.15) is 44.4 Å². The van der Waals surface area contributed by atoms with E-state index < -0.39 is 0 Å². The molecule has 0 bridgehead atoms. The fraction of sp³-hybridized carbons (Fsp3) is 0.800. The maximum atomic E-state index is 4.61. The van der Waals surface area contributed by atoms with E-state index in [4.69, 9.17) is 0 Å². The highest BCUT2D eigenvalue weighted by atomic mass is 15.4. The predicted molar refractivity (Wildman–Crippen MR) is 80.5 cm³/mol. The quantitative estimate of drug-likeness (QED) is 0.857. The number of hydrogen-bond acceptors (Lipinski definition) is 3. The van der Waals surface area contributed by atoms with Gasteiger partial charge in [0.2, 0.25) is 0 Å². The number of nitrogens with one attached hydrogen (secondary N) is 1. The summed E-state index contributed by atoms with van der Waals surface area (Å²) in [6.45, 7) is 8.57. The molecule has 4 heteroatoms. The lowest BCUT2D eigenvalue weighted by Crippen LogP contribution is -2.39. The van der Waals surface area contributed by atoms with Crippen LogP contribution >= 0.6 is 0 Å². The molecule has 1 aromatic heterocycles. The van der Waals surface area contributed by atoms with Crippen molar-refractivity contribution in [1.29, 1.82) is 0 Å². The van der Waals surface area contributed by atoms with Gasteiger partial charge in [-0.2, -0.15) is 5.10 Å². The molecule has 2 rings (SSSR count). The highest BCUT2D eigenvalue weighted by molar-refractivity contribution is 5.50. The van der Waals surface area contributed by atoms with E-state index in [0.717, 1.165) is 18.8 Å². The zero-order valence-electron chi connectivity index (χ0n) is 13.0. The van der Waals surface area contributed by atoms with Crippen molar-refractivity contribution in [2.45, 2.75) is 52.6 Å². The lowest BCUT2D eigenvalue weighted by atomic mass is 9.91. The lowest BCUT2D eigenvalue weighted by Gasteiger charge is -2.36. The second-order valence-corrected chi connectivity index (χ2v) is 6.23. The Morgan fingerprint density at radius 1 is 1.42 bits per heavy atom. The largest absolute Gasteiger partial charge is 0.357 e. The number of aromatic nitrogens is 2. The third-order valence-electron chi connectivity index (χ3n) is 4.12. The molecule has 0 spiro atoms. The minimum Gasteiger partial charge on any atom is -0.357 e. The maximum absolute atomic E-state index is 4.61. The van der Waals surface area contributed by atoms with E-state index in [1.165, 1.54) is 30.6 Å². The van der Waals surface area contributed by atoms with E-state index in [0.29, 0.717) is 12.0 Å². The van der Waals surface area contributed by atoms with Crippen LogP contribution in [0.3, 0.4) is 0 Å². The smallest absolute Gasteiger partial charge is 0.131 e. The summed E-state index contributed by atoms with van der Waals surface area (Å²) in [6.07, 6.45) is 4.01. The van der Waals surface area contributed by atoms with Crippen LogP contribution in [-0.2, 0) is 13.6 Å². The minimum atomic E-state index is 0.685. The Morgan fingerprint density at radius 3 is 2.63 bits per heavy atom. The molecule has 0 saturated heterocycles. The molecular formula is C15H28N4. The van der Waals surface area contributed by atoms with E-state index in [2.05, 4.69) is 50.2 Å². The summed E-state index contributed by atoms with van der Waals surface area (Å²) in [7, 11) is 4.27. The second-order valence-electron chi connectivity index (χ2n) is 6.23. The first-order valence-corrected chi connectivity index (χ1v) is 7.46. The Balaban J connectivity index is 2.11. The molecule has 19 heavy (non-hydrogen) atoms. The zero-order chi connectivity index (χ0) is 14.0. The molecule has 108 valence electrons. The van der Waals surface area contributed by atoms with Gasteiger partial charge in [0.1, 0.15) is 5.82 Å². The fourth-order valence-corrected chi connectivity index (χ4v) is 2.77. The van der Waals surface area contributed by atoms with Crippen LogP contribution < -0.4 is 10.2 Å². The summed E-state index contributed by atoms with van der Waals surface area (Å²) in [4.78, 5) is 2.43. The highest BCUT2D eigenvalue weighted by Crippen LogP contribution is 2.31. The normalized spacial score (nSPS) is 15.9. The van der Waals surface area contributed by atoms with Crippen LogP contribution in [0.2, 0.25) is 0 Å². The van der Waals surface area contributed by atoms with Crippen LogP contribution in [0, 0.1) is 12.8 Å². The number of anilines is 1. The average molecular weight is 264 g/mol. The zero-order valence-corrected chi connectivity index (χ0v) is 13.0. The highest BCUT2D eigenvalue weighted by Gasteiger charge is 2.26. The fourth-order valence-electron chi connectivity index (χ4n) is 2.77. The molecule has 1 aliphatic rings. The summed E-state index contributed by atoms with van der Waals surface area (Å²) in [5.41, 5.74) is 2.51. The van der Waals surface area contributed by atoms with Gasteiger partial charge in [0.25, 0.3) is 0 Å². The minimum absolute atomic E-state index is 0.685. The van der Waals surface area contributed by atoms with Gasteiger partial charge in [-0.3, -0.25) is 4.68 Å². The van der Waals surface area contributed by atoms with Crippen LogP contribution in [0.15, 0.2) is 0 Å². The van der Waals surface area contributed by atoms with Gasteiger partial charge in [-0.15, -0.1) is 0 Å². The number of nitrogens with zero attached hydrogens (tertiary/aromatic N) is 3. The summed E-state index contributed by atoms with van der Waals surface area (Å²) in [5.74, 6) is 1.98. The van der Waals surface area contributed by atoms with E-state index in [-0.39, 0.29) is 0 Å². The van der Waals surface area contributed by atoms with Crippen molar-refractivity contribution in [2.24, 2.45) is 13.0 Å². The molecule has 1 N–H and O–H groups in total. The Bertz CT molecular complexity index is 418. The molecule has 0 unspecified atom stereocenters. The maximum Gasteiger partial charge on any atom is 0.131 e. The molecule has 0 radical (unpaired) electrons. The summed E-state index contributed by atoms with van der Waals surface area (Å²) < 4.78 is 2.04. The first-order chi connectivity index (χ1) is 9.00. The molecule has 1 fully saturated rings. The molecule has 1 aliphatic carbocycles. The summed E-state index contributed by atoms with van der Waals surface area (Å²) >= 11 is 0. The van der Waals surface area contributed by atoms with Crippen LogP contribution in [0.5, 0.6) is 0 Å². The Labute approximate surface area is 117 Å². The van der Waals surface area contributed by atoms with Crippen molar-refractivity contribution >= 4 is 5.82 Å². The number of rotatable bonds is 6. The Hall–Kier alpha value is -1.03. The molecule has 1 heterocycles. The molecule has 1 aromatic rings. The van der Waals surface area contributed by atoms with Gasteiger partial charge in [-0.25, -0.2) is 0 Å². The SMILES string of the molecule is Cc1nn(C)c(N(C)C2CCC2)c1CNCC(C)C. The molecule has 0 aromatic carbocycles. The van der Waals surface area contributed by atoms with Gasteiger partial charge in [-0.05, 0) is 38.6 Å². The first kappa shape index (κ1) is 14.4. The van der Waals surface area contributed by atoms with E-state index in [9.17, 15) is 0 Å². The van der Waals surface area contributed by atoms with Crippen molar-refractivity contribution < 1.29 is 0 Å². The van der Waals surface area contributed by atoms with Crippen LogP contribution in [0.25, 0.3) is 0 Å². The number of hydrogen-bond donors (Lipinski definition) is 1. The van der Waals surface area contributed by atoms with Gasteiger partial charge in [0.15, 0.2) is 0 Å². The van der Waals surface area contributed by atoms with Crippen molar-refractivity contribution in [1.82, 2.24) is 15.1 Å². The van der Waals surface area contributed by atoms with Gasteiger partial charge in [0.05, 0.1) is 5.69 Å². The van der Waals surface area contributed by atoms with Crippen molar-refractivity contribution in [3.8, 4) is 0 Å². The van der Waals surface area contributed by atoms with Crippen molar-refractivity contribution in [2.75, 3.05) is 18.5 Å². The molecular weight excluding hydrogens is 236 g/mol. The van der Waals surface area contributed by atoms with Crippen molar-refractivity contribution in [3.63, 3.8) is 0 Å². The molecule has 0 amide bonds. The number of aryl methyl sites for hydroxylation is 2. The van der Waals surface area contributed by atoms with Gasteiger partial charge < -0.3 is 10.2 Å². The monoisotopic (exact) mass is 264 g/mol. The van der Waals surface area contributed by atoms with E-state index >= 15 is 0 Å². The Morgan fingerprint density at radius 2 is 2.11 bits per heavy atom. The van der Waals surface area contributed by atoms with Gasteiger partial charge >= 0.3 is 0 Å². The predicted octanol–water partition coefficient (Wildman–Crippen LogP) is 2.46. The Kier molecular flexibility index (Phi) is 4.50. The molecule has 1 saturated carbocycles. The van der Waals surface area contributed by atoms with Gasteiger partial charge in [-0.1, -0.05) is 13.8 Å². The first-order valence-electron chi connectivity index (χ1n) is 7.46. The van der Waals surface area contributed by atoms with Gasteiger partial charge in [0, 0.05) is 32.2 Å². The molecule has 0 aliphatic heterocycles. The van der Waals surface area contributed by atoms with Crippen LogP contribution in [-0.4, -0.2) is 29.4 Å². The second kappa shape index (κ2) is 5.95. The van der Waals surface area contributed by atoms with E-state index in [1.807, 2.05) is 4.68 Å². The molecule has 0 atom stereocenters. The summed E-state index contributed by atoms with van der Waals surface area (Å²) in [6, 6.07) is 0.707.